The number of carbonyl (C=O) groups is 1. The van der Waals surface area contributed by atoms with Gasteiger partial charge in [-0.15, -0.1) is 0 Å². The summed E-state index contributed by atoms with van der Waals surface area (Å²) in [6.45, 7) is 1.16. The van der Waals surface area contributed by atoms with Crippen LogP contribution < -0.4 is 9.80 Å². The molecule has 0 bridgehead atoms. The lowest BCUT2D eigenvalue weighted by atomic mass is 9.85. The Morgan fingerprint density at radius 1 is 1.37 bits per heavy atom. The molecule has 1 aromatic heterocycles. The van der Waals surface area contributed by atoms with E-state index in [4.69, 9.17) is 16.3 Å². The lowest BCUT2D eigenvalue weighted by molar-refractivity contribution is -0.127. The molecular formula is C12H15ClN4O2. The Labute approximate surface area is 116 Å². The van der Waals surface area contributed by atoms with Crippen LogP contribution in [-0.2, 0) is 9.53 Å². The Morgan fingerprint density at radius 2 is 2.05 bits per heavy atom. The lowest BCUT2D eigenvalue weighted by Crippen LogP contribution is -2.64. The van der Waals surface area contributed by atoms with E-state index < -0.39 is 5.54 Å². The van der Waals surface area contributed by atoms with Crippen molar-refractivity contribution in [2.24, 2.45) is 0 Å². The maximum absolute atomic E-state index is 12.7. The Kier molecular flexibility index (Phi) is 2.87. The van der Waals surface area contributed by atoms with E-state index in [1.165, 1.54) is 0 Å². The number of anilines is 2. The van der Waals surface area contributed by atoms with Crippen LogP contribution in [0.5, 0.6) is 0 Å². The quantitative estimate of drug-likeness (QED) is 0.667. The molecule has 0 radical (unpaired) electrons. The first-order valence-corrected chi connectivity index (χ1v) is 6.56. The van der Waals surface area contributed by atoms with Crippen LogP contribution in [0, 0.1) is 0 Å². The van der Waals surface area contributed by atoms with Gasteiger partial charge in [-0.3, -0.25) is 4.79 Å². The highest BCUT2D eigenvalue weighted by Crippen LogP contribution is 2.41. The summed E-state index contributed by atoms with van der Waals surface area (Å²) < 4.78 is 5.38. The molecule has 0 unspecified atom stereocenters. The Morgan fingerprint density at radius 3 is 2.74 bits per heavy atom. The predicted octanol–water partition coefficient (Wildman–Crippen LogP) is 1.09. The van der Waals surface area contributed by atoms with Crippen LogP contribution in [0.4, 0.5) is 11.5 Å². The van der Waals surface area contributed by atoms with Crippen molar-refractivity contribution in [1.29, 1.82) is 0 Å². The average Bonchev–Trinajstić information content (AvgIpc) is 2.44. The van der Waals surface area contributed by atoms with E-state index in [1.54, 1.807) is 18.1 Å². The number of nitrogens with zero attached hydrogens (tertiary/aromatic N) is 4. The summed E-state index contributed by atoms with van der Waals surface area (Å²) in [4.78, 5) is 24.5. The SMILES string of the molecule is CN1C(=O)C2(CCOCC2)N(C)c2nc(Cl)ncc21. The maximum Gasteiger partial charge on any atom is 0.252 e. The first-order chi connectivity index (χ1) is 9.06. The minimum Gasteiger partial charge on any atom is -0.381 e. The highest BCUT2D eigenvalue weighted by Gasteiger charge is 2.50. The average molecular weight is 283 g/mol. The van der Waals surface area contributed by atoms with Crippen LogP contribution in [0.25, 0.3) is 0 Å². The first kappa shape index (κ1) is 12.6. The van der Waals surface area contributed by atoms with Gasteiger partial charge in [-0.2, -0.15) is 4.98 Å². The molecule has 1 fully saturated rings. The minimum atomic E-state index is -0.572. The van der Waals surface area contributed by atoms with Gasteiger partial charge in [0, 0.05) is 40.2 Å². The number of rotatable bonds is 0. The monoisotopic (exact) mass is 282 g/mol. The second-order valence-electron chi connectivity index (χ2n) is 4.92. The summed E-state index contributed by atoms with van der Waals surface area (Å²) >= 11 is 5.88. The van der Waals surface area contributed by atoms with Gasteiger partial charge in [0.1, 0.15) is 11.2 Å². The van der Waals surface area contributed by atoms with E-state index in [0.717, 1.165) is 0 Å². The fourth-order valence-corrected chi connectivity index (χ4v) is 2.98. The van der Waals surface area contributed by atoms with Gasteiger partial charge in [0.15, 0.2) is 5.82 Å². The Hall–Kier alpha value is -1.40. The normalized spacial score (nSPS) is 21.7. The standard InChI is InChI=1S/C12H15ClN4O2/c1-16-8-7-14-11(13)15-9(8)17(2)12(10(16)18)3-5-19-6-4-12/h7H,3-6H2,1-2H3. The molecule has 1 saturated heterocycles. The van der Waals surface area contributed by atoms with Crippen molar-refractivity contribution in [2.45, 2.75) is 18.4 Å². The molecular weight excluding hydrogens is 268 g/mol. The van der Waals surface area contributed by atoms with E-state index >= 15 is 0 Å². The summed E-state index contributed by atoms with van der Waals surface area (Å²) in [5, 5.41) is 0.190. The van der Waals surface area contributed by atoms with Gasteiger partial charge in [-0.05, 0) is 11.6 Å². The number of fused-ring (bicyclic) bond motifs is 1. The zero-order chi connectivity index (χ0) is 13.6. The zero-order valence-corrected chi connectivity index (χ0v) is 11.6. The second kappa shape index (κ2) is 4.31. The predicted molar refractivity (Wildman–Crippen MR) is 71.6 cm³/mol. The van der Waals surface area contributed by atoms with E-state index in [9.17, 15) is 4.79 Å². The second-order valence-corrected chi connectivity index (χ2v) is 5.25. The molecule has 0 atom stereocenters. The van der Waals surface area contributed by atoms with Gasteiger partial charge >= 0.3 is 0 Å². The molecule has 7 heteroatoms. The van der Waals surface area contributed by atoms with Crippen LogP contribution >= 0.6 is 11.6 Å². The molecule has 0 aliphatic carbocycles. The van der Waals surface area contributed by atoms with Crippen molar-refractivity contribution in [3.8, 4) is 0 Å². The van der Waals surface area contributed by atoms with Gasteiger partial charge in [0.05, 0.1) is 6.20 Å². The topological polar surface area (TPSA) is 58.6 Å². The maximum atomic E-state index is 12.7. The molecule has 0 aromatic carbocycles. The van der Waals surface area contributed by atoms with Crippen molar-refractivity contribution in [2.75, 3.05) is 37.1 Å². The summed E-state index contributed by atoms with van der Waals surface area (Å²) in [6.07, 6.45) is 2.91. The van der Waals surface area contributed by atoms with Crippen LogP contribution in [0.1, 0.15) is 12.8 Å². The molecule has 102 valence electrons. The fraction of sp³-hybridized carbons (Fsp3) is 0.583. The number of amides is 1. The van der Waals surface area contributed by atoms with Crippen LogP contribution in [0.3, 0.4) is 0 Å². The molecule has 2 aliphatic rings. The highest BCUT2D eigenvalue weighted by atomic mass is 35.5. The summed E-state index contributed by atoms with van der Waals surface area (Å²) in [5.74, 6) is 0.765. The van der Waals surface area contributed by atoms with Gasteiger partial charge in [-0.25, -0.2) is 4.98 Å². The molecule has 1 aromatic rings. The van der Waals surface area contributed by atoms with Crippen molar-refractivity contribution in [3.63, 3.8) is 0 Å². The largest absolute Gasteiger partial charge is 0.381 e. The van der Waals surface area contributed by atoms with E-state index in [1.807, 2.05) is 11.9 Å². The number of hydrogen-bond acceptors (Lipinski definition) is 5. The summed E-state index contributed by atoms with van der Waals surface area (Å²) in [5.41, 5.74) is 0.117. The third kappa shape index (κ3) is 1.70. The molecule has 3 rings (SSSR count). The van der Waals surface area contributed by atoms with Gasteiger partial charge in [0.25, 0.3) is 5.91 Å². The summed E-state index contributed by atoms with van der Waals surface area (Å²) in [7, 11) is 3.64. The van der Waals surface area contributed by atoms with Gasteiger partial charge in [0.2, 0.25) is 5.28 Å². The fourth-order valence-electron chi connectivity index (χ4n) is 2.86. The minimum absolute atomic E-state index is 0.0664. The number of ether oxygens (including phenoxy) is 1. The van der Waals surface area contributed by atoms with Crippen LogP contribution in [0.15, 0.2) is 6.20 Å². The van der Waals surface area contributed by atoms with Crippen molar-refractivity contribution in [1.82, 2.24) is 9.97 Å². The number of hydrogen-bond donors (Lipinski definition) is 0. The van der Waals surface area contributed by atoms with E-state index in [0.29, 0.717) is 37.6 Å². The Balaban J connectivity index is 2.13. The lowest BCUT2D eigenvalue weighted by Gasteiger charge is -2.49. The zero-order valence-electron chi connectivity index (χ0n) is 10.9. The molecule has 3 heterocycles. The van der Waals surface area contributed by atoms with E-state index in [-0.39, 0.29) is 11.2 Å². The summed E-state index contributed by atoms with van der Waals surface area (Å²) in [6, 6.07) is 0. The highest BCUT2D eigenvalue weighted by molar-refractivity contribution is 6.28. The molecule has 1 amide bonds. The molecule has 2 aliphatic heterocycles. The van der Waals surface area contributed by atoms with E-state index in [2.05, 4.69) is 9.97 Å². The van der Waals surface area contributed by atoms with Crippen LogP contribution in [0.2, 0.25) is 5.28 Å². The number of aromatic nitrogens is 2. The third-order valence-electron chi connectivity index (χ3n) is 4.06. The third-order valence-corrected chi connectivity index (χ3v) is 4.25. The van der Waals surface area contributed by atoms with Gasteiger partial charge in [-0.1, -0.05) is 0 Å². The van der Waals surface area contributed by atoms with Crippen molar-refractivity contribution >= 4 is 29.0 Å². The molecule has 6 nitrogen and oxygen atoms in total. The van der Waals surface area contributed by atoms with Crippen molar-refractivity contribution in [3.05, 3.63) is 11.5 Å². The van der Waals surface area contributed by atoms with Gasteiger partial charge < -0.3 is 14.5 Å². The first-order valence-electron chi connectivity index (χ1n) is 6.18. The Bertz CT molecular complexity index is 530. The number of carbonyl (C=O) groups excluding carboxylic acids is 1. The van der Waals surface area contributed by atoms with Crippen molar-refractivity contribution < 1.29 is 9.53 Å². The van der Waals surface area contributed by atoms with Crippen LogP contribution in [-0.4, -0.2) is 48.7 Å². The molecule has 0 saturated carbocycles. The molecule has 1 spiro atoms. The number of halogens is 1. The smallest absolute Gasteiger partial charge is 0.252 e. The number of likely N-dealkylation sites (N-methyl/N-ethyl adjacent to an activating group) is 2. The molecule has 19 heavy (non-hydrogen) atoms. The molecule has 0 N–H and O–H groups in total.